The van der Waals surface area contributed by atoms with Crippen LogP contribution in [-0.2, 0) is 4.79 Å². The van der Waals surface area contributed by atoms with Gasteiger partial charge in [-0.25, -0.2) is 0 Å². The third-order valence-corrected chi connectivity index (χ3v) is 2.91. The first kappa shape index (κ1) is 12.7. The molecule has 0 aromatic carbocycles. The SMILES string of the molecule is CC(=O)C(CN1CCCCC1)NC(C)C. The number of ketones is 1. The van der Waals surface area contributed by atoms with Crippen LogP contribution in [0.1, 0.15) is 40.0 Å². The van der Waals surface area contributed by atoms with Gasteiger partial charge in [-0.1, -0.05) is 20.3 Å². The second kappa shape index (κ2) is 6.23. The van der Waals surface area contributed by atoms with Crippen molar-refractivity contribution >= 4 is 5.78 Å². The van der Waals surface area contributed by atoms with Crippen molar-refractivity contribution in [1.29, 1.82) is 0 Å². The largest absolute Gasteiger partial charge is 0.304 e. The van der Waals surface area contributed by atoms with Gasteiger partial charge in [-0.2, -0.15) is 0 Å². The molecule has 1 saturated heterocycles. The molecule has 88 valence electrons. The van der Waals surface area contributed by atoms with Crippen LogP contribution < -0.4 is 5.32 Å². The fraction of sp³-hybridized carbons (Fsp3) is 0.917. The normalized spacial score (nSPS) is 20.5. The van der Waals surface area contributed by atoms with Crippen LogP contribution in [0.2, 0.25) is 0 Å². The first-order valence-electron chi connectivity index (χ1n) is 6.08. The molecule has 0 bridgehead atoms. The van der Waals surface area contributed by atoms with E-state index in [-0.39, 0.29) is 11.8 Å². The molecule has 0 aliphatic carbocycles. The zero-order valence-corrected chi connectivity index (χ0v) is 10.3. The Balaban J connectivity index is 2.38. The van der Waals surface area contributed by atoms with Crippen LogP contribution in [0, 0.1) is 0 Å². The lowest BCUT2D eigenvalue weighted by Gasteiger charge is -2.30. The molecular weight excluding hydrogens is 188 g/mol. The quantitative estimate of drug-likeness (QED) is 0.748. The standard InChI is InChI=1S/C12H24N2O/c1-10(2)13-12(11(3)15)9-14-7-5-4-6-8-14/h10,12-13H,4-9H2,1-3H3. The monoisotopic (exact) mass is 212 g/mol. The van der Waals surface area contributed by atoms with E-state index >= 15 is 0 Å². The van der Waals surface area contributed by atoms with E-state index in [4.69, 9.17) is 0 Å². The van der Waals surface area contributed by atoms with Crippen LogP contribution >= 0.6 is 0 Å². The van der Waals surface area contributed by atoms with Crippen LogP contribution in [0.15, 0.2) is 0 Å². The summed E-state index contributed by atoms with van der Waals surface area (Å²) in [5.41, 5.74) is 0. The Labute approximate surface area is 93.2 Å². The fourth-order valence-electron chi connectivity index (χ4n) is 2.10. The lowest BCUT2D eigenvalue weighted by molar-refractivity contribution is -0.119. The smallest absolute Gasteiger partial charge is 0.147 e. The molecular formula is C12H24N2O. The van der Waals surface area contributed by atoms with Gasteiger partial charge in [-0.05, 0) is 32.9 Å². The van der Waals surface area contributed by atoms with E-state index in [2.05, 4.69) is 24.1 Å². The number of hydrogen-bond donors (Lipinski definition) is 1. The van der Waals surface area contributed by atoms with Crippen LogP contribution in [0.5, 0.6) is 0 Å². The summed E-state index contributed by atoms with van der Waals surface area (Å²) in [5, 5.41) is 3.34. The summed E-state index contributed by atoms with van der Waals surface area (Å²) in [6.07, 6.45) is 3.91. The fourth-order valence-corrected chi connectivity index (χ4v) is 2.10. The second-order valence-electron chi connectivity index (χ2n) is 4.85. The zero-order valence-electron chi connectivity index (χ0n) is 10.3. The summed E-state index contributed by atoms with van der Waals surface area (Å²) in [6.45, 7) is 9.06. The average Bonchev–Trinajstić information content (AvgIpc) is 2.17. The van der Waals surface area contributed by atoms with Gasteiger partial charge in [0, 0.05) is 12.6 Å². The highest BCUT2D eigenvalue weighted by atomic mass is 16.1. The molecule has 1 fully saturated rings. The molecule has 0 aromatic heterocycles. The molecule has 1 heterocycles. The maximum absolute atomic E-state index is 11.5. The molecule has 1 aliphatic rings. The van der Waals surface area contributed by atoms with E-state index in [0.29, 0.717) is 6.04 Å². The zero-order chi connectivity index (χ0) is 11.3. The van der Waals surface area contributed by atoms with Crippen molar-refractivity contribution in [3.05, 3.63) is 0 Å². The molecule has 1 rings (SSSR count). The van der Waals surface area contributed by atoms with Gasteiger partial charge in [0.05, 0.1) is 6.04 Å². The molecule has 0 aromatic rings. The Bertz CT molecular complexity index is 198. The summed E-state index contributed by atoms with van der Waals surface area (Å²) >= 11 is 0. The molecule has 0 saturated carbocycles. The molecule has 1 unspecified atom stereocenters. The van der Waals surface area contributed by atoms with Crippen molar-refractivity contribution in [2.75, 3.05) is 19.6 Å². The van der Waals surface area contributed by atoms with Gasteiger partial charge in [-0.3, -0.25) is 4.79 Å². The van der Waals surface area contributed by atoms with Gasteiger partial charge in [-0.15, -0.1) is 0 Å². The number of Topliss-reactive ketones (excluding diaryl/α,β-unsaturated/α-hetero) is 1. The molecule has 3 nitrogen and oxygen atoms in total. The number of hydrogen-bond acceptors (Lipinski definition) is 3. The van der Waals surface area contributed by atoms with E-state index in [1.54, 1.807) is 6.92 Å². The number of likely N-dealkylation sites (tertiary alicyclic amines) is 1. The van der Waals surface area contributed by atoms with Crippen LogP contribution in [0.4, 0.5) is 0 Å². The van der Waals surface area contributed by atoms with E-state index in [9.17, 15) is 4.79 Å². The predicted molar refractivity (Wildman–Crippen MR) is 63.0 cm³/mol. The van der Waals surface area contributed by atoms with Gasteiger partial charge in [0.1, 0.15) is 5.78 Å². The van der Waals surface area contributed by atoms with Crippen molar-refractivity contribution in [1.82, 2.24) is 10.2 Å². The minimum atomic E-state index is 0.0168. The number of carbonyl (C=O) groups excluding carboxylic acids is 1. The highest BCUT2D eigenvalue weighted by Crippen LogP contribution is 2.09. The Kier molecular flexibility index (Phi) is 5.26. The molecule has 15 heavy (non-hydrogen) atoms. The lowest BCUT2D eigenvalue weighted by atomic mass is 10.1. The maximum atomic E-state index is 11.5. The molecule has 1 atom stereocenters. The predicted octanol–water partition coefficient (Wildman–Crippen LogP) is 1.43. The Hall–Kier alpha value is -0.410. The summed E-state index contributed by atoms with van der Waals surface area (Å²) in [7, 11) is 0. The van der Waals surface area contributed by atoms with Crippen molar-refractivity contribution < 1.29 is 4.79 Å². The second-order valence-corrected chi connectivity index (χ2v) is 4.85. The van der Waals surface area contributed by atoms with Gasteiger partial charge < -0.3 is 10.2 Å². The van der Waals surface area contributed by atoms with Crippen LogP contribution in [-0.4, -0.2) is 42.4 Å². The van der Waals surface area contributed by atoms with Crippen LogP contribution in [0.3, 0.4) is 0 Å². The summed E-state index contributed by atoms with van der Waals surface area (Å²) in [4.78, 5) is 13.9. The number of nitrogens with zero attached hydrogens (tertiary/aromatic N) is 1. The maximum Gasteiger partial charge on any atom is 0.147 e. The van der Waals surface area contributed by atoms with Crippen molar-refractivity contribution in [2.45, 2.75) is 52.1 Å². The molecule has 0 amide bonds. The lowest BCUT2D eigenvalue weighted by Crippen LogP contribution is -2.48. The first-order chi connectivity index (χ1) is 7.09. The molecule has 0 spiro atoms. The Morgan fingerprint density at radius 2 is 1.87 bits per heavy atom. The summed E-state index contributed by atoms with van der Waals surface area (Å²) in [5.74, 6) is 0.259. The first-order valence-corrected chi connectivity index (χ1v) is 6.08. The van der Waals surface area contributed by atoms with E-state index in [1.165, 1.54) is 19.3 Å². The highest BCUT2D eigenvalue weighted by Gasteiger charge is 2.19. The van der Waals surface area contributed by atoms with Crippen LogP contribution in [0.25, 0.3) is 0 Å². The Morgan fingerprint density at radius 1 is 1.27 bits per heavy atom. The third kappa shape index (κ3) is 4.76. The molecule has 1 aliphatic heterocycles. The molecule has 1 N–H and O–H groups in total. The molecule has 3 heteroatoms. The highest BCUT2D eigenvalue weighted by molar-refractivity contribution is 5.81. The topological polar surface area (TPSA) is 32.3 Å². The van der Waals surface area contributed by atoms with Crippen molar-refractivity contribution in [2.24, 2.45) is 0 Å². The van der Waals surface area contributed by atoms with Crippen molar-refractivity contribution in [3.8, 4) is 0 Å². The van der Waals surface area contributed by atoms with Gasteiger partial charge in [0.25, 0.3) is 0 Å². The van der Waals surface area contributed by atoms with Gasteiger partial charge in [0.15, 0.2) is 0 Å². The average molecular weight is 212 g/mol. The minimum Gasteiger partial charge on any atom is -0.304 e. The van der Waals surface area contributed by atoms with E-state index in [0.717, 1.165) is 19.6 Å². The third-order valence-electron chi connectivity index (χ3n) is 2.91. The number of piperidine rings is 1. The van der Waals surface area contributed by atoms with Gasteiger partial charge >= 0.3 is 0 Å². The summed E-state index contributed by atoms with van der Waals surface area (Å²) < 4.78 is 0. The number of nitrogens with one attached hydrogen (secondary N) is 1. The minimum absolute atomic E-state index is 0.0168. The van der Waals surface area contributed by atoms with Gasteiger partial charge in [0.2, 0.25) is 0 Å². The summed E-state index contributed by atoms with van der Waals surface area (Å²) in [6, 6.07) is 0.395. The number of rotatable bonds is 5. The van der Waals surface area contributed by atoms with E-state index < -0.39 is 0 Å². The number of carbonyl (C=O) groups is 1. The van der Waals surface area contributed by atoms with E-state index in [1.807, 2.05) is 0 Å². The Morgan fingerprint density at radius 3 is 2.33 bits per heavy atom. The molecule has 0 radical (unpaired) electrons. The van der Waals surface area contributed by atoms with Crippen molar-refractivity contribution in [3.63, 3.8) is 0 Å².